The normalized spacial score (nSPS) is 11.4. The van der Waals surface area contributed by atoms with Crippen molar-refractivity contribution in [3.63, 3.8) is 0 Å². The van der Waals surface area contributed by atoms with Gasteiger partial charge in [-0.2, -0.15) is 0 Å². The van der Waals surface area contributed by atoms with Gasteiger partial charge in [0.05, 0.1) is 19.1 Å². The van der Waals surface area contributed by atoms with Gasteiger partial charge in [0.25, 0.3) is 0 Å². The summed E-state index contributed by atoms with van der Waals surface area (Å²) in [4.78, 5) is 24.2. The summed E-state index contributed by atoms with van der Waals surface area (Å²) < 4.78 is 16.4. The lowest BCUT2D eigenvalue weighted by atomic mass is 9.65. The third-order valence-corrected chi connectivity index (χ3v) is 7.15. The van der Waals surface area contributed by atoms with E-state index in [4.69, 9.17) is 19.9 Å². The minimum Gasteiger partial charge on any atom is -0.493 e. The molecule has 3 N–H and O–H groups in total. The molecule has 0 aliphatic rings. The number of carbonyl (C=O) groups is 2. The van der Waals surface area contributed by atoms with Crippen molar-refractivity contribution >= 4 is 24.2 Å². The van der Waals surface area contributed by atoms with Gasteiger partial charge in [-0.1, -0.05) is 53.0 Å². The first-order valence-electron chi connectivity index (χ1n) is 13.5. The summed E-state index contributed by atoms with van der Waals surface area (Å²) in [5, 5.41) is 3.08. The fraction of sp³-hybridized carbons (Fsp3) is 0.724. The van der Waals surface area contributed by atoms with Crippen LogP contribution in [0, 0.1) is 17.3 Å². The second kappa shape index (κ2) is 19.1. The quantitative estimate of drug-likeness (QED) is 0.206. The third kappa shape index (κ3) is 11.9. The maximum Gasteiger partial charge on any atom is 0.226 e. The molecule has 0 radical (unpaired) electrons. The van der Waals surface area contributed by atoms with Crippen LogP contribution in [0.15, 0.2) is 18.2 Å². The third-order valence-electron chi connectivity index (χ3n) is 7.15. The van der Waals surface area contributed by atoms with Crippen molar-refractivity contribution in [2.24, 2.45) is 23.0 Å². The van der Waals surface area contributed by atoms with E-state index >= 15 is 0 Å². The first-order valence-corrected chi connectivity index (χ1v) is 13.5. The average Bonchev–Trinajstić information content (AvgIpc) is 2.83. The molecule has 0 aliphatic carbocycles. The maximum absolute atomic E-state index is 13.2. The monoisotopic (exact) mass is 542 g/mol. The van der Waals surface area contributed by atoms with E-state index < -0.39 is 5.41 Å². The van der Waals surface area contributed by atoms with Crippen molar-refractivity contribution in [1.82, 2.24) is 5.32 Å². The average molecular weight is 543 g/mol. The van der Waals surface area contributed by atoms with E-state index in [1.807, 2.05) is 6.07 Å². The first-order chi connectivity index (χ1) is 17.2. The molecule has 0 unspecified atom stereocenters. The van der Waals surface area contributed by atoms with Gasteiger partial charge in [0, 0.05) is 33.1 Å². The summed E-state index contributed by atoms with van der Waals surface area (Å²) in [5.41, 5.74) is 6.05. The minimum atomic E-state index is -0.405. The highest BCUT2D eigenvalue weighted by Gasteiger charge is 2.43. The van der Waals surface area contributed by atoms with Gasteiger partial charge in [-0.15, -0.1) is 12.4 Å². The molecule has 1 rings (SSSR count). The molecule has 0 atom stereocenters. The number of hydrogen-bond donors (Lipinski definition) is 2. The molecule has 1 aromatic carbocycles. The van der Waals surface area contributed by atoms with Crippen LogP contribution in [0.2, 0.25) is 0 Å². The van der Waals surface area contributed by atoms with Crippen LogP contribution in [-0.2, 0) is 20.7 Å². The molecule has 8 heteroatoms. The van der Waals surface area contributed by atoms with Gasteiger partial charge >= 0.3 is 0 Å². The molecule has 7 nitrogen and oxygen atoms in total. The van der Waals surface area contributed by atoms with Crippen molar-refractivity contribution < 1.29 is 23.8 Å². The zero-order valence-corrected chi connectivity index (χ0v) is 24.7. The van der Waals surface area contributed by atoms with Gasteiger partial charge in [0.15, 0.2) is 11.5 Å². The Morgan fingerprint density at radius 3 is 2.19 bits per heavy atom. The second-order valence-electron chi connectivity index (χ2n) is 10.3. The van der Waals surface area contributed by atoms with E-state index in [0.717, 1.165) is 56.4 Å². The molecule has 214 valence electrons. The highest BCUT2D eigenvalue weighted by atomic mass is 35.5. The summed E-state index contributed by atoms with van der Waals surface area (Å²) in [6.07, 6.45) is 7.88. The van der Waals surface area contributed by atoms with Crippen LogP contribution in [0.1, 0.15) is 84.6 Å². The molecule has 0 fully saturated rings. The standard InChI is InChI=1S/C29H50N2O5.ClH/c1-22(2)29(23(3)4,28(33)31-18-11-14-27(30)32)17-10-8-7-9-13-24-15-16-25(35-6)26(21-24)36-20-12-19-34-5;/h15-16,21-23H,7-14,17-20H2,1-6H3,(H2,30,32)(H,31,33);1H. The topological polar surface area (TPSA) is 99.9 Å². The molecule has 0 saturated heterocycles. The van der Waals surface area contributed by atoms with E-state index in [0.29, 0.717) is 32.6 Å². The number of halogens is 1. The summed E-state index contributed by atoms with van der Waals surface area (Å²) in [6.45, 7) is 10.3. The van der Waals surface area contributed by atoms with Crippen LogP contribution in [0.3, 0.4) is 0 Å². The van der Waals surface area contributed by atoms with E-state index in [1.165, 1.54) is 5.56 Å². The molecule has 0 aliphatic heterocycles. The number of rotatable bonds is 20. The number of aryl methyl sites for hydroxylation is 1. The molecule has 37 heavy (non-hydrogen) atoms. The van der Waals surface area contributed by atoms with Gasteiger partial charge in [-0.25, -0.2) is 0 Å². The Balaban J connectivity index is 0.0000130. The van der Waals surface area contributed by atoms with Crippen LogP contribution in [0.4, 0.5) is 0 Å². The Bertz CT molecular complexity index is 778. The number of ether oxygens (including phenoxy) is 3. The minimum absolute atomic E-state index is 0. The first kappa shape index (κ1) is 35.0. The van der Waals surface area contributed by atoms with Gasteiger partial charge in [0.1, 0.15) is 0 Å². The predicted octanol–water partition coefficient (Wildman–Crippen LogP) is 5.71. The molecule has 0 aromatic heterocycles. The Kier molecular flexibility index (Phi) is 18.1. The largest absolute Gasteiger partial charge is 0.493 e. The van der Waals surface area contributed by atoms with Crippen molar-refractivity contribution in [3.8, 4) is 11.5 Å². The number of methoxy groups -OCH3 is 2. The highest BCUT2D eigenvalue weighted by Crippen LogP contribution is 2.41. The summed E-state index contributed by atoms with van der Waals surface area (Å²) in [6, 6.07) is 6.16. The van der Waals surface area contributed by atoms with Crippen molar-refractivity contribution in [2.75, 3.05) is 34.0 Å². The molecular formula is C29H51ClN2O5. The van der Waals surface area contributed by atoms with Crippen molar-refractivity contribution in [2.45, 2.75) is 85.5 Å². The number of carbonyl (C=O) groups excluding carboxylic acids is 2. The van der Waals surface area contributed by atoms with Crippen LogP contribution in [0.25, 0.3) is 0 Å². The maximum atomic E-state index is 13.2. The van der Waals surface area contributed by atoms with E-state index in [1.54, 1.807) is 14.2 Å². The van der Waals surface area contributed by atoms with Crippen LogP contribution >= 0.6 is 12.4 Å². The van der Waals surface area contributed by atoms with Crippen molar-refractivity contribution in [3.05, 3.63) is 23.8 Å². The SMILES string of the molecule is COCCCOc1cc(CCCCCCC(C(=O)NCCCC(N)=O)(C(C)C)C(C)C)ccc1OC.Cl. The highest BCUT2D eigenvalue weighted by molar-refractivity contribution is 5.85. The van der Waals surface area contributed by atoms with Gasteiger partial charge in [-0.3, -0.25) is 9.59 Å². The van der Waals surface area contributed by atoms with Crippen molar-refractivity contribution in [1.29, 1.82) is 0 Å². The van der Waals surface area contributed by atoms with Crippen LogP contribution in [-0.4, -0.2) is 45.8 Å². The second-order valence-corrected chi connectivity index (χ2v) is 10.3. The summed E-state index contributed by atoms with van der Waals surface area (Å²) in [7, 11) is 3.35. The van der Waals surface area contributed by atoms with Crippen LogP contribution < -0.4 is 20.5 Å². The lowest BCUT2D eigenvalue weighted by Gasteiger charge is -2.40. The lowest BCUT2D eigenvalue weighted by molar-refractivity contribution is -0.138. The van der Waals surface area contributed by atoms with E-state index in [9.17, 15) is 9.59 Å². The predicted molar refractivity (Wildman–Crippen MR) is 153 cm³/mol. The number of nitrogens with one attached hydrogen (secondary N) is 1. The molecule has 0 spiro atoms. The molecule has 0 saturated carbocycles. The van der Waals surface area contributed by atoms with Gasteiger partial charge < -0.3 is 25.3 Å². The lowest BCUT2D eigenvalue weighted by Crippen LogP contribution is -2.48. The summed E-state index contributed by atoms with van der Waals surface area (Å²) >= 11 is 0. The smallest absolute Gasteiger partial charge is 0.226 e. The fourth-order valence-electron chi connectivity index (χ4n) is 4.99. The zero-order chi connectivity index (χ0) is 27.0. The Morgan fingerprint density at radius 1 is 0.919 bits per heavy atom. The number of unbranched alkanes of at least 4 members (excludes halogenated alkanes) is 3. The van der Waals surface area contributed by atoms with Crippen LogP contribution in [0.5, 0.6) is 11.5 Å². The Morgan fingerprint density at radius 2 is 1.59 bits per heavy atom. The molecule has 0 bridgehead atoms. The van der Waals surface area contributed by atoms with E-state index in [-0.39, 0.29) is 36.1 Å². The van der Waals surface area contributed by atoms with Gasteiger partial charge in [-0.05, 0) is 55.2 Å². The number of benzene rings is 1. The number of hydrogen-bond acceptors (Lipinski definition) is 5. The molecule has 2 amide bonds. The number of amides is 2. The molecule has 1 aromatic rings. The van der Waals surface area contributed by atoms with E-state index in [2.05, 4.69) is 45.1 Å². The van der Waals surface area contributed by atoms with Gasteiger partial charge in [0.2, 0.25) is 11.8 Å². The molecular weight excluding hydrogens is 492 g/mol. The zero-order valence-electron chi connectivity index (χ0n) is 23.9. The fourth-order valence-corrected chi connectivity index (χ4v) is 4.99. The summed E-state index contributed by atoms with van der Waals surface area (Å²) in [5.74, 6) is 1.77. The Hall–Kier alpha value is -1.99. The number of nitrogens with two attached hydrogens (primary N) is 1. The molecule has 0 heterocycles. The number of primary amides is 1. The Labute approximate surface area is 231 Å².